The lowest BCUT2D eigenvalue weighted by atomic mass is 9.93. The molecule has 1 saturated carbocycles. The highest BCUT2D eigenvalue weighted by molar-refractivity contribution is 6.31. The number of carbonyl (C=O) groups is 1. The fourth-order valence-electron chi connectivity index (χ4n) is 3.28. The van der Waals surface area contributed by atoms with Crippen LogP contribution in [-0.2, 0) is 0 Å². The Labute approximate surface area is 167 Å². The molecule has 1 aliphatic rings. The molecule has 0 saturated heterocycles. The van der Waals surface area contributed by atoms with E-state index in [1.54, 1.807) is 47.5 Å². The van der Waals surface area contributed by atoms with Crippen LogP contribution >= 0.6 is 11.6 Å². The van der Waals surface area contributed by atoms with Gasteiger partial charge in [-0.3, -0.25) is 4.79 Å². The number of ether oxygens (including phenoxy) is 1. The first-order chi connectivity index (χ1) is 13.7. The largest absolute Gasteiger partial charge is 0.473 e. The summed E-state index contributed by atoms with van der Waals surface area (Å²) in [6.07, 6.45) is 8.52. The van der Waals surface area contributed by atoms with Gasteiger partial charge in [0.2, 0.25) is 5.88 Å². The molecular weight excluding hydrogens is 378 g/mol. The summed E-state index contributed by atoms with van der Waals surface area (Å²) in [6, 6.07) is 10.8. The number of nitrogens with zero attached hydrogens (tertiary/aromatic N) is 4. The second kappa shape index (κ2) is 8.39. The summed E-state index contributed by atoms with van der Waals surface area (Å²) in [6.45, 7) is 0. The number of carbonyl (C=O) groups excluding carboxylic acids is 1. The molecule has 0 unspecified atom stereocenters. The van der Waals surface area contributed by atoms with E-state index in [1.165, 1.54) is 0 Å². The van der Waals surface area contributed by atoms with E-state index < -0.39 is 0 Å². The minimum absolute atomic E-state index is 0.0572. The second-order valence-corrected chi connectivity index (χ2v) is 7.09. The summed E-state index contributed by atoms with van der Waals surface area (Å²) in [4.78, 5) is 21.2. The molecule has 3 aromatic heterocycles. The number of hydrogen-bond acceptors (Lipinski definition) is 5. The molecule has 3 heterocycles. The first-order valence-corrected chi connectivity index (χ1v) is 9.62. The molecule has 144 valence electrons. The molecule has 1 N–H and O–H groups in total. The van der Waals surface area contributed by atoms with Gasteiger partial charge in [-0.25, -0.2) is 14.6 Å². The van der Waals surface area contributed by atoms with Crippen molar-refractivity contribution < 1.29 is 9.53 Å². The number of amides is 1. The monoisotopic (exact) mass is 397 g/mol. The number of aromatic nitrogens is 4. The Kier molecular flexibility index (Phi) is 5.53. The van der Waals surface area contributed by atoms with E-state index in [-0.39, 0.29) is 18.1 Å². The molecule has 0 aromatic carbocycles. The average molecular weight is 398 g/mol. The number of hydrogen-bond donors (Lipinski definition) is 1. The third-order valence-corrected chi connectivity index (χ3v) is 5.01. The highest BCUT2D eigenvalue weighted by atomic mass is 35.5. The van der Waals surface area contributed by atoms with Crippen molar-refractivity contribution in [3.63, 3.8) is 0 Å². The number of nitrogens with one attached hydrogen (secondary N) is 1. The van der Waals surface area contributed by atoms with E-state index in [1.807, 2.05) is 12.1 Å². The summed E-state index contributed by atoms with van der Waals surface area (Å²) in [5.74, 6) is 0.907. The third-order valence-electron chi connectivity index (χ3n) is 4.72. The van der Waals surface area contributed by atoms with Crippen molar-refractivity contribution in [2.45, 2.75) is 37.8 Å². The topological polar surface area (TPSA) is 81.9 Å². The van der Waals surface area contributed by atoms with Crippen molar-refractivity contribution in [2.75, 3.05) is 0 Å². The Morgan fingerprint density at radius 2 is 1.96 bits per heavy atom. The lowest BCUT2D eigenvalue weighted by Gasteiger charge is -2.29. The van der Waals surface area contributed by atoms with Gasteiger partial charge in [-0.05, 0) is 56.0 Å². The van der Waals surface area contributed by atoms with E-state index in [0.717, 1.165) is 25.7 Å². The van der Waals surface area contributed by atoms with Gasteiger partial charge in [-0.1, -0.05) is 17.7 Å². The Morgan fingerprint density at radius 1 is 1.11 bits per heavy atom. The molecule has 0 spiro atoms. The van der Waals surface area contributed by atoms with Crippen LogP contribution in [0.2, 0.25) is 5.02 Å². The van der Waals surface area contributed by atoms with Gasteiger partial charge in [0.1, 0.15) is 16.8 Å². The maximum Gasteiger partial charge on any atom is 0.270 e. The summed E-state index contributed by atoms with van der Waals surface area (Å²) >= 11 is 6.10. The zero-order valence-electron chi connectivity index (χ0n) is 15.2. The van der Waals surface area contributed by atoms with Crippen molar-refractivity contribution in [3.05, 3.63) is 65.7 Å². The van der Waals surface area contributed by atoms with Gasteiger partial charge < -0.3 is 10.1 Å². The summed E-state index contributed by atoms with van der Waals surface area (Å²) in [5, 5.41) is 7.74. The lowest BCUT2D eigenvalue weighted by molar-refractivity contribution is 0.0885. The first kappa shape index (κ1) is 18.4. The molecule has 0 aliphatic heterocycles. The predicted octanol–water partition coefficient (Wildman–Crippen LogP) is 3.44. The molecule has 7 nitrogen and oxygen atoms in total. The highest BCUT2D eigenvalue weighted by Crippen LogP contribution is 2.27. The van der Waals surface area contributed by atoms with Crippen LogP contribution in [0, 0.1) is 0 Å². The van der Waals surface area contributed by atoms with Crippen LogP contribution < -0.4 is 10.1 Å². The van der Waals surface area contributed by atoms with Crippen molar-refractivity contribution in [2.24, 2.45) is 0 Å². The van der Waals surface area contributed by atoms with Gasteiger partial charge in [-0.15, -0.1) is 0 Å². The number of halogens is 1. The average Bonchev–Trinajstić information content (AvgIpc) is 3.26. The Bertz CT molecular complexity index is 939. The SMILES string of the molecule is O=C(NC1CCC(Oc2ncccc2Cl)CC1)c1cccc(-n2cccn2)n1. The van der Waals surface area contributed by atoms with Crippen LogP contribution in [0.3, 0.4) is 0 Å². The molecule has 28 heavy (non-hydrogen) atoms. The minimum atomic E-state index is -0.175. The lowest BCUT2D eigenvalue weighted by Crippen LogP contribution is -2.40. The highest BCUT2D eigenvalue weighted by Gasteiger charge is 2.25. The van der Waals surface area contributed by atoms with Crippen LogP contribution in [-0.4, -0.2) is 37.8 Å². The molecule has 0 radical (unpaired) electrons. The van der Waals surface area contributed by atoms with Gasteiger partial charge in [0.05, 0.1) is 0 Å². The quantitative estimate of drug-likeness (QED) is 0.713. The van der Waals surface area contributed by atoms with Crippen LogP contribution in [0.1, 0.15) is 36.2 Å². The normalized spacial score (nSPS) is 19.2. The van der Waals surface area contributed by atoms with Gasteiger partial charge in [0.25, 0.3) is 5.91 Å². The summed E-state index contributed by atoms with van der Waals surface area (Å²) in [5.41, 5.74) is 0.381. The molecular formula is C20H20ClN5O2. The number of pyridine rings is 2. The fourth-order valence-corrected chi connectivity index (χ4v) is 3.45. The minimum Gasteiger partial charge on any atom is -0.473 e. The van der Waals surface area contributed by atoms with E-state index in [4.69, 9.17) is 16.3 Å². The second-order valence-electron chi connectivity index (χ2n) is 6.69. The maximum absolute atomic E-state index is 12.6. The van der Waals surface area contributed by atoms with Crippen LogP contribution in [0.4, 0.5) is 0 Å². The molecule has 0 atom stereocenters. The number of rotatable bonds is 5. The smallest absolute Gasteiger partial charge is 0.270 e. The van der Waals surface area contributed by atoms with Crippen molar-refractivity contribution >= 4 is 17.5 Å². The van der Waals surface area contributed by atoms with Gasteiger partial charge >= 0.3 is 0 Å². The Hall–Kier alpha value is -2.93. The molecule has 3 aromatic rings. The summed E-state index contributed by atoms with van der Waals surface area (Å²) < 4.78 is 7.53. The standard InChI is InChI=1S/C20H20ClN5O2/c21-16-4-2-11-22-20(16)28-15-9-7-14(8-10-15)24-19(27)17-5-1-6-18(25-17)26-13-3-12-23-26/h1-6,11-15H,7-10H2,(H,24,27). The zero-order chi connectivity index (χ0) is 19.3. The van der Waals surface area contributed by atoms with E-state index in [9.17, 15) is 4.79 Å². The first-order valence-electron chi connectivity index (χ1n) is 9.24. The van der Waals surface area contributed by atoms with E-state index in [0.29, 0.717) is 22.4 Å². The summed E-state index contributed by atoms with van der Waals surface area (Å²) in [7, 11) is 0. The van der Waals surface area contributed by atoms with Crippen LogP contribution in [0.5, 0.6) is 5.88 Å². The van der Waals surface area contributed by atoms with E-state index in [2.05, 4.69) is 20.4 Å². The van der Waals surface area contributed by atoms with Crippen molar-refractivity contribution in [1.82, 2.24) is 25.1 Å². The molecule has 1 amide bonds. The molecule has 8 heteroatoms. The zero-order valence-corrected chi connectivity index (χ0v) is 15.9. The van der Waals surface area contributed by atoms with Crippen molar-refractivity contribution in [3.8, 4) is 11.7 Å². The van der Waals surface area contributed by atoms with Crippen LogP contribution in [0.15, 0.2) is 55.0 Å². The predicted molar refractivity (Wildman–Crippen MR) is 105 cm³/mol. The van der Waals surface area contributed by atoms with Gasteiger partial charge in [0, 0.05) is 24.6 Å². The van der Waals surface area contributed by atoms with E-state index >= 15 is 0 Å². The molecule has 0 bridgehead atoms. The molecule has 4 rings (SSSR count). The molecule has 1 fully saturated rings. The molecule has 1 aliphatic carbocycles. The Morgan fingerprint density at radius 3 is 2.71 bits per heavy atom. The van der Waals surface area contributed by atoms with Crippen LogP contribution in [0.25, 0.3) is 5.82 Å². The Balaban J connectivity index is 1.32. The fraction of sp³-hybridized carbons (Fsp3) is 0.300. The van der Waals surface area contributed by atoms with Crippen molar-refractivity contribution in [1.29, 1.82) is 0 Å². The third kappa shape index (κ3) is 4.31. The maximum atomic E-state index is 12.6. The van der Waals surface area contributed by atoms with Gasteiger partial charge in [-0.2, -0.15) is 5.10 Å². The van der Waals surface area contributed by atoms with Gasteiger partial charge in [0.15, 0.2) is 5.82 Å².